The van der Waals surface area contributed by atoms with Crippen LogP contribution in [0.3, 0.4) is 0 Å². The Morgan fingerprint density at radius 2 is 1.74 bits per heavy atom. The van der Waals surface area contributed by atoms with Gasteiger partial charge in [-0.1, -0.05) is 53.8 Å². The van der Waals surface area contributed by atoms with E-state index in [1.165, 1.54) is 23.5 Å². The first-order valence-corrected chi connectivity index (χ1v) is 13.0. The van der Waals surface area contributed by atoms with Crippen LogP contribution in [-0.2, 0) is 13.2 Å². The SMILES string of the molecule is FC(F)Oc1cc(OCc2cccc(OCc3ccccc3)c2)c2cc(-c3cn4nc(Br)sc4n3)oc2c1. The Labute approximate surface area is 227 Å². The highest BCUT2D eigenvalue weighted by atomic mass is 79.9. The fraction of sp³-hybridized carbons (Fsp3) is 0.111. The van der Waals surface area contributed by atoms with Gasteiger partial charge in [0.2, 0.25) is 4.96 Å². The van der Waals surface area contributed by atoms with Gasteiger partial charge in [-0.2, -0.15) is 8.78 Å². The van der Waals surface area contributed by atoms with Crippen LogP contribution in [0.1, 0.15) is 11.1 Å². The lowest BCUT2D eigenvalue weighted by molar-refractivity contribution is -0.0498. The molecule has 0 saturated heterocycles. The second kappa shape index (κ2) is 10.4. The first-order chi connectivity index (χ1) is 18.5. The van der Waals surface area contributed by atoms with Crippen molar-refractivity contribution in [3.05, 3.63) is 94.0 Å². The average molecular weight is 598 g/mol. The number of hydrogen-bond donors (Lipinski definition) is 0. The van der Waals surface area contributed by atoms with Crippen molar-refractivity contribution < 1.29 is 27.4 Å². The summed E-state index contributed by atoms with van der Waals surface area (Å²) in [5.74, 6) is 1.41. The van der Waals surface area contributed by atoms with Gasteiger partial charge in [0.1, 0.15) is 41.7 Å². The Morgan fingerprint density at radius 1 is 0.921 bits per heavy atom. The van der Waals surface area contributed by atoms with Crippen LogP contribution in [0.5, 0.6) is 17.2 Å². The predicted octanol–water partition coefficient (Wildman–Crippen LogP) is 7.73. The van der Waals surface area contributed by atoms with E-state index in [-0.39, 0.29) is 12.4 Å². The van der Waals surface area contributed by atoms with Gasteiger partial charge in [-0.25, -0.2) is 9.50 Å². The molecule has 0 atom stereocenters. The number of nitrogens with zero attached hydrogens (tertiary/aromatic N) is 3. The summed E-state index contributed by atoms with van der Waals surface area (Å²) in [5.41, 5.74) is 2.79. The summed E-state index contributed by atoms with van der Waals surface area (Å²) < 4.78 is 50.9. The second-order valence-electron chi connectivity index (χ2n) is 8.24. The molecule has 192 valence electrons. The maximum atomic E-state index is 13.0. The first-order valence-electron chi connectivity index (χ1n) is 11.4. The molecule has 3 aromatic heterocycles. The molecule has 0 aliphatic rings. The maximum absolute atomic E-state index is 13.0. The average Bonchev–Trinajstić information content (AvgIpc) is 3.59. The molecule has 3 heterocycles. The number of imidazole rings is 1. The number of fused-ring (bicyclic) bond motifs is 2. The number of aromatic nitrogens is 3. The van der Waals surface area contributed by atoms with E-state index < -0.39 is 6.61 Å². The minimum Gasteiger partial charge on any atom is -0.489 e. The highest BCUT2D eigenvalue weighted by Crippen LogP contribution is 2.38. The summed E-state index contributed by atoms with van der Waals surface area (Å²) in [6.07, 6.45) is 1.73. The quantitative estimate of drug-likeness (QED) is 0.170. The van der Waals surface area contributed by atoms with Crippen molar-refractivity contribution in [1.82, 2.24) is 14.6 Å². The van der Waals surface area contributed by atoms with Crippen molar-refractivity contribution in [3.8, 4) is 28.7 Å². The molecule has 0 saturated carbocycles. The van der Waals surface area contributed by atoms with Crippen LogP contribution in [0.25, 0.3) is 27.4 Å². The molecule has 7 nitrogen and oxygen atoms in total. The molecule has 0 aliphatic heterocycles. The zero-order valence-electron chi connectivity index (χ0n) is 19.5. The molecule has 0 aliphatic carbocycles. The highest BCUT2D eigenvalue weighted by molar-refractivity contribution is 9.11. The van der Waals surface area contributed by atoms with Crippen LogP contribution in [0, 0.1) is 0 Å². The van der Waals surface area contributed by atoms with Crippen molar-refractivity contribution in [2.45, 2.75) is 19.8 Å². The van der Waals surface area contributed by atoms with Gasteiger partial charge in [-0.05, 0) is 45.3 Å². The van der Waals surface area contributed by atoms with Gasteiger partial charge in [-0.15, -0.1) is 5.10 Å². The molecule has 0 N–H and O–H groups in total. The summed E-state index contributed by atoms with van der Waals surface area (Å²) in [6.45, 7) is -2.37. The zero-order valence-corrected chi connectivity index (χ0v) is 21.9. The molecular formula is C27H18BrF2N3O4S. The smallest absolute Gasteiger partial charge is 0.387 e. The minimum atomic E-state index is -2.99. The summed E-state index contributed by atoms with van der Waals surface area (Å²) in [6, 6.07) is 22.0. The van der Waals surface area contributed by atoms with Crippen LogP contribution in [0.15, 0.2) is 87.3 Å². The van der Waals surface area contributed by atoms with Crippen LogP contribution in [-0.4, -0.2) is 21.2 Å². The Kier molecular flexibility index (Phi) is 6.69. The van der Waals surface area contributed by atoms with Gasteiger partial charge in [0, 0.05) is 12.1 Å². The number of hydrogen-bond acceptors (Lipinski definition) is 7. The van der Waals surface area contributed by atoms with E-state index in [1.54, 1.807) is 16.8 Å². The van der Waals surface area contributed by atoms with E-state index in [4.69, 9.17) is 13.9 Å². The molecule has 0 radical (unpaired) electrons. The molecule has 38 heavy (non-hydrogen) atoms. The van der Waals surface area contributed by atoms with Crippen LogP contribution in [0.2, 0.25) is 0 Å². The maximum Gasteiger partial charge on any atom is 0.387 e. The van der Waals surface area contributed by atoms with E-state index in [9.17, 15) is 8.78 Å². The first kappa shape index (κ1) is 24.4. The van der Waals surface area contributed by atoms with E-state index in [2.05, 4.69) is 30.7 Å². The zero-order chi connectivity index (χ0) is 26.1. The fourth-order valence-corrected chi connectivity index (χ4v) is 5.14. The molecule has 6 rings (SSSR count). The van der Waals surface area contributed by atoms with Crippen molar-refractivity contribution in [2.75, 3.05) is 0 Å². The largest absolute Gasteiger partial charge is 0.489 e. The third kappa shape index (κ3) is 5.34. The normalized spacial score (nSPS) is 11.5. The molecule has 0 bridgehead atoms. The lowest BCUT2D eigenvalue weighted by Crippen LogP contribution is -2.03. The number of halogens is 3. The van der Waals surface area contributed by atoms with Crippen LogP contribution >= 0.6 is 27.3 Å². The Balaban J connectivity index is 1.25. The van der Waals surface area contributed by atoms with Gasteiger partial charge in [0.25, 0.3) is 0 Å². The van der Waals surface area contributed by atoms with E-state index in [0.717, 1.165) is 11.1 Å². The third-order valence-electron chi connectivity index (χ3n) is 5.61. The number of ether oxygens (including phenoxy) is 3. The number of alkyl halides is 2. The van der Waals surface area contributed by atoms with Crippen molar-refractivity contribution in [1.29, 1.82) is 0 Å². The number of benzene rings is 3. The molecule has 11 heteroatoms. The van der Waals surface area contributed by atoms with Gasteiger partial charge in [0.05, 0.1) is 11.6 Å². The summed E-state index contributed by atoms with van der Waals surface area (Å²) in [5, 5.41) is 4.89. The van der Waals surface area contributed by atoms with Gasteiger partial charge in [0.15, 0.2) is 9.68 Å². The molecule has 0 amide bonds. The van der Waals surface area contributed by atoms with Crippen LogP contribution in [0.4, 0.5) is 8.78 Å². The van der Waals surface area contributed by atoms with Crippen LogP contribution < -0.4 is 14.2 Å². The van der Waals surface area contributed by atoms with Crippen molar-refractivity contribution >= 4 is 43.2 Å². The molecular weight excluding hydrogens is 580 g/mol. The summed E-state index contributed by atoms with van der Waals surface area (Å²) >= 11 is 4.71. The van der Waals surface area contributed by atoms with E-state index in [1.807, 2.05) is 54.6 Å². The lowest BCUT2D eigenvalue weighted by atomic mass is 10.2. The molecule has 0 unspecified atom stereocenters. The number of rotatable bonds is 9. The standard InChI is InChI=1S/C27H18BrF2N3O4S/c28-25-32-33-13-21(31-27(33)38-25)24-12-20-22(10-19(36-26(29)30)11-23(20)37-24)35-15-17-7-4-8-18(9-17)34-14-16-5-2-1-3-6-16/h1-13,26H,14-15H2. The van der Waals surface area contributed by atoms with Gasteiger partial charge in [-0.3, -0.25) is 0 Å². The van der Waals surface area contributed by atoms with Gasteiger partial charge < -0.3 is 18.6 Å². The monoisotopic (exact) mass is 597 g/mol. The van der Waals surface area contributed by atoms with Gasteiger partial charge >= 0.3 is 6.61 Å². The lowest BCUT2D eigenvalue weighted by Gasteiger charge is -2.11. The molecule has 0 fully saturated rings. The molecule has 3 aromatic carbocycles. The second-order valence-corrected chi connectivity index (χ2v) is 10.5. The van der Waals surface area contributed by atoms with Crippen molar-refractivity contribution in [2.24, 2.45) is 0 Å². The Bertz CT molecular complexity index is 1690. The van der Waals surface area contributed by atoms with Crippen molar-refractivity contribution in [3.63, 3.8) is 0 Å². The summed E-state index contributed by atoms with van der Waals surface area (Å²) in [7, 11) is 0. The fourth-order valence-electron chi connectivity index (χ4n) is 3.92. The molecule has 6 aromatic rings. The summed E-state index contributed by atoms with van der Waals surface area (Å²) in [4.78, 5) is 5.21. The van der Waals surface area contributed by atoms with E-state index in [0.29, 0.717) is 49.4 Å². The topological polar surface area (TPSA) is 71.0 Å². The van der Waals surface area contributed by atoms with E-state index >= 15 is 0 Å². The number of furan rings is 1. The minimum absolute atomic E-state index is 0.0697. The predicted molar refractivity (Wildman–Crippen MR) is 142 cm³/mol. The molecule has 0 spiro atoms. The Morgan fingerprint density at radius 3 is 2.55 bits per heavy atom. The highest BCUT2D eigenvalue weighted by Gasteiger charge is 2.18. The third-order valence-corrected chi connectivity index (χ3v) is 6.97. The Hall–Kier alpha value is -3.96.